The summed E-state index contributed by atoms with van der Waals surface area (Å²) >= 11 is 0. The zero-order chi connectivity index (χ0) is 14.0. The molecule has 1 aromatic carbocycles. The molecule has 106 valence electrons. The molecule has 4 heteroatoms. The Labute approximate surface area is 113 Å². The summed E-state index contributed by atoms with van der Waals surface area (Å²) in [5.41, 5.74) is 6.13. The number of nitrogen functional groups attached to an aromatic ring is 1. The second kappa shape index (κ2) is 5.68. The van der Waals surface area contributed by atoms with Gasteiger partial charge in [0.25, 0.3) is 0 Å². The molecule has 0 heterocycles. The van der Waals surface area contributed by atoms with Crippen LogP contribution in [0.25, 0.3) is 0 Å². The SMILES string of the molecule is COc1cc(OC2CCC(C)C(C)C2)c(N)cc1F. The van der Waals surface area contributed by atoms with Gasteiger partial charge in [-0.3, -0.25) is 0 Å². The van der Waals surface area contributed by atoms with E-state index in [9.17, 15) is 4.39 Å². The molecule has 0 amide bonds. The molecule has 3 nitrogen and oxygen atoms in total. The lowest BCUT2D eigenvalue weighted by molar-refractivity contribution is 0.101. The van der Waals surface area contributed by atoms with Crippen LogP contribution in [-0.2, 0) is 0 Å². The quantitative estimate of drug-likeness (QED) is 0.851. The largest absolute Gasteiger partial charge is 0.494 e. The van der Waals surface area contributed by atoms with Crippen molar-refractivity contribution in [3.63, 3.8) is 0 Å². The van der Waals surface area contributed by atoms with Crippen LogP contribution in [0.3, 0.4) is 0 Å². The third-order valence-corrected chi connectivity index (χ3v) is 4.13. The van der Waals surface area contributed by atoms with E-state index in [0.29, 0.717) is 17.4 Å². The lowest BCUT2D eigenvalue weighted by Gasteiger charge is -2.32. The Hall–Kier alpha value is -1.45. The molecule has 1 fully saturated rings. The number of anilines is 1. The molecule has 1 saturated carbocycles. The van der Waals surface area contributed by atoms with Crippen LogP contribution in [0.4, 0.5) is 10.1 Å². The zero-order valence-corrected chi connectivity index (χ0v) is 11.8. The zero-order valence-electron chi connectivity index (χ0n) is 11.8. The van der Waals surface area contributed by atoms with Gasteiger partial charge in [-0.1, -0.05) is 13.8 Å². The minimum atomic E-state index is -0.460. The molecule has 0 bridgehead atoms. The number of nitrogens with two attached hydrogens (primary N) is 1. The van der Waals surface area contributed by atoms with Gasteiger partial charge in [0.1, 0.15) is 5.75 Å². The lowest BCUT2D eigenvalue weighted by Crippen LogP contribution is -2.29. The summed E-state index contributed by atoms with van der Waals surface area (Å²) in [4.78, 5) is 0. The average Bonchev–Trinajstić information content (AvgIpc) is 2.37. The fraction of sp³-hybridized carbons (Fsp3) is 0.600. The van der Waals surface area contributed by atoms with Crippen molar-refractivity contribution in [1.29, 1.82) is 0 Å². The molecular formula is C15H22FNO2. The van der Waals surface area contributed by atoms with E-state index in [1.165, 1.54) is 19.2 Å². The van der Waals surface area contributed by atoms with Gasteiger partial charge in [-0.05, 0) is 31.1 Å². The Morgan fingerprint density at radius 3 is 2.53 bits per heavy atom. The first kappa shape index (κ1) is 14.0. The van der Waals surface area contributed by atoms with Crippen LogP contribution in [0.5, 0.6) is 11.5 Å². The second-order valence-electron chi connectivity index (χ2n) is 5.53. The van der Waals surface area contributed by atoms with E-state index in [-0.39, 0.29) is 11.9 Å². The Balaban J connectivity index is 2.11. The van der Waals surface area contributed by atoms with Crippen molar-refractivity contribution in [2.75, 3.05) is 12.8 Å². The third-order valence-electron chi connectivity index (χ3n) is 4.13. The Bertz CT molecular complexity index is 450. The van der Waals surface area contributed by atoms with Gasteiger partial charge in [-0.2, -0.15) is 0 Å². The monoisotopic (exact) mass is 267 g/mol. The van der Waals surface area contributed by atoms with Gasteiger partial charge in [0, 0.05) is 12.1 Å². The third kappa shape index (κ3) is 3.11. The Morgan fingerprint density at radius 1 is 1.16 bits per heavy atom. The highest BCUT2D eigenvalue weighted by atomic mass is 19.1. The molecule has 19 heavy (non-hydrogen) atoms. The minimum absolute atomic E-state index is 0.156. The molecule has 1 aliphatic carbocycles. The molecule has 3 unspecified atom stereocenters. The average molecular weight is 267 g/mol. The predicted molar refractivity (Wildman–Crippen MR) is 74.0 cm³/mol. The summed E-state index contributed by atoms with van der Waals surface area (Å²) in [5.74, 6) is 1.60. The molecule has 0 spiro atoms. The molecule has 0 radical (unpaired) electrons. The number of rotatable bonds is 3. The number of methoxy groups -OCH3 is 1. The van der Waals surface area contributed by atoms with Crippen LogP contribution in [0.15, 0.2) is 12.1 Å². The number of halogens is 1. The number of ether oxygens (including phenoxy) is 2. The van der Waals surface area contributed by atoms with Crippen molar-refractivity contribution < 1.29 is 13.9 Å². The van der Waals surface area contributed by atoms with Gasteiger partial charge in [-0.15, -0.1) is 0 Å². The molecule has 1 aromatic rings. The normalized spacial score (nSPS) is 27.1. The van der Waals surface area contributed by atoms with E-state index < -0.39 is 5.82 Å². The fourth-order valence-electron chi connectivity index (χ4n) is 2.59. The van der Waals surface area contributed by atoms with Crippen molar-refractivity contribution >= 4 is 5.69 Å². The van der Waals surface area contributed by atoms with E-state index in [2.05, 4.69) is 13.8 Å². The van der Waals surface area contributed by atoms with Crippen LogP contribution in [0.2, 0.25) is 0 Å². The number of hydrogen-bond donors (Lipinski definition) is 1. The van der Waals surface area contributed by atoms with Crippen molar-refractivity contribution in [3.8, 4) is 11.5 Å². The fourth-order valence-corrected chi connectivity index (χ4v) is 2.59. The van der Waals surface area contributed by atoms with Crippen molar-refractivity contribution in [3.05, 3.63) is 17.9 Å². The molecule has 0 aliphatic heterocycles. The first-order valence-corrected chi connectivity index (χ1v) is 6.81. The molecule has 0 aromatic heterocycles. The molecular weight excluding hydrogens is 245 g/mol. The van der Waals surface area contributed by atoms with E-state index in [0.717, 1.165) is 25.2 Å². The summed E-state index contributed by atoms with van der Waals surface area (Å²) < 4.78 is 24.4. The Morgan fingerprint density at radius 2 is 1.89 bits per heavy atom. The molecule has 2 N–H and O–H groups in total. The number of hydrogen-bond acceptors (Lipinski definition) is 3. The first-order chi connectivity index (χ1) is 9.01. The van der Waals surface area contributed by atoms with Crippen molar-refractivity contribution in [1.82, 2.24) is 0 Å². The maximum absolute atomic E-state index is 13.5. The summed E-state index contributed by atoms with van der Waals surface area (Å²) in [6.45, 7) is 4.52. The predicted octanol–water partition coefficient (Wildman–Crippen LogP) is 3.62. The van der Waals surface area contributed by atoms with Gasteiger partial charge in [0.2, 0.25) is 0 Å². The molecule has 1 aliphatic rings. The van der Waals surface area contributed by atoms with Crippen LogP contribution >= 0.6 is 0 Å². The summed E-state index contributed by atoms with van der Waals surface area (Å²) in [5, 5.41) is 0. The van der Waals surface area contributed by atoms with Gasteiger partial charge in [0.05, 0.1) is 18.9 Å². The molecule has 2 rings (SSSR count). The molecule has 3 atom stereocenters. The summed E-state index contributed by atoms with van der Waals surface area (Å²) in [7, 11) is 1.43. The van der Waals surface area contributed by atoms with E-state index in [4.69, 9.17) is 15.2 Å². The van der Waals surface area contributed by atoms with Gasteiger partial charge in [-0.25, -0.2) is 4.39 Å². The highest BCUT2D eigenvalue weighted by molar-refractivity contribution is 5.56. The maximum Gasteiger partial charge on any atom is 0.167 e. The Kier molecular flexibility index (Phi) is 4.17. The lowest BCUT2D eigenvalue weighted by atomic mass is 9.80. The van der Waals surface area contributed by atoms with Gasteiger partial charge in [0.15, 0.2) is 11.6 Å². The number of benzene rings is 1. The summed E-state index contributed by atoms with van der Waals surface area (Å²) in [6.07, 6.45) is 3.35. The second-order valence-corrected chi connectivity index (χ2v) is 5.53. The topological polar surface area (TPSA) is 44.5 Å². The van der Waals surface area contributed by atoms with Gasteiger partial charge < -0.3 is 15.2 Å². The maximum atomic E-state index is 13.5. The van der Waals surface area contributed by atoms with Crippen LogP contribution in [0.1, 0.15) is 33.1 Å². The summed E-state index contributed by atoms with van der Waals surface area (Å²) in [6, 6.07) is 2.79. The van der Waals surface area contributed by atoms with Crippen LogP contribution < -0.4 is 15.2 Å². The van der Waals surface area contributed by atoms with Crippen LogP contribution in [0, 0.1) is 17.7 Å². The highest BCUT2D eigenvalue weighted by Gasteiger charge is 2.26. The van der Waals surface area contributed by atoms with E-state index in [1.54, 1.807) is 0 Å². The van der Waals surface area contributed by atoms with Gasteiger partial charge >= 0.3 is 0 Å². The highest BCUT2D eigenvalue weighted by Crippen LogP contribution is 2.35. The van der Waals surface area contributed by atoms with E-state index in [1.807, 2.05) is 0 Å². The molecule has 0 saturated heterocycles. The van der Waals surface area contributed by atoms with Crippen LogP contribution in [-0.4, -0.2) is 13.2 Å². The minimum Gasteiger partial charge on any atom is -0.494 e. The van der Waals surface area contributed by atoms with Crippen molar-refractivity contribution in [2.24, 2.45) is 11.8 Å². The standard InChI is InChI=1S/C15H22FNO2/c1-9-4-5-11(6-10(9)2)19-15-8-14(18-3)12(16)7-13(15)17/h7-11H,4-6,17H2,1-3H3. The smallest absolute Gasteiger partial charge is 0.167 e. The first-order valence-electron chi connectivity index (χ1n) is 6.81. The van der Waals surface area contributed by atoms with Crippen molar-refractivity contribution in [2.45, 2.75) is 39.2 Å². The van der Waals surface area contributed by atoms with E-state index >= 15 is 0 Å².